The molecule has 2 aromatic carbocycles. The average molecular weight is 778 g/mol. The van der Waals surface area contributed by atoms with Crippen molar-refractivity contribution >= 4 is 46.8 Å². The third-order valence-electron chi connectivity index (χ3n) is 8.12. The lowest BCUT2D eigenvalue weighted by molar-refractivity contribution is -0.140. The Morgan fingerprint density at radius 1 is 0.875 bits per heavy atom. The van der Waals surface area contributed by atoms with Gasteiger partial charge in [-0.3, -0.25) is 24.3 Å². The van der Waals surface area contributed by atoms with E-state index in [-0.39, 0.29) is 30.9 Å². The molecular weight excluding hydrogens is 736 g/mol. The third-order valence-corrected chi connectivity index (χ3v) is 8.12. The van der Waals surface area contributed by atoms with Gasteiger partial charge in [-0.05, 0) is 57.0 Å². The van der Waals surface area contributed by atoms with Crippen LogP contribution in [0.15, 0.2) is 78.0 Å². The van der Waals surface area contributed by atoms with Crippen LogP contribution in [0.5, 0.6) is 0 Å². The summed E-state index contributed by atoms with van der Waals surface area (Å²) in [6, 6.07) is 15.1. The van der Waals surface area contributed by atoms with Gasteiger partial charge in [-0.15, -0.1) is 0 Å². The Kier molecular flexibility index (Phi) is 12.7. The van der Waals surface area contributed by atoms with Crippen molar-refractivity contribution in [3.63, 3.8) is 0 Å². The topological polar surface area (TPSA) is 228 Å². The summed E-state index contributed by atoms with van der Waals surface area (Å²) in [5.41, 5.74) is 0.640. The second-order valence-electron chi connectivity index (χ2n) is 13.7. The molecule has 2 aromatic heterocycles. The summed E-state index contributed by atoms with van der Waals surface area (Å²) in [7, 11) is 0. The van der Waals surface area contributed by atoms with Gasteiger partial charge in [0, 0.05) is 32.1 Å². The van der Waals surface area contributed by atoms with E-state index in [1.165, 1.54) is 19.3 Å². The van der Waals surface area contributed by atoms with E-state index < -0.39 is 59.5 Å². The summed E-state index contributed by atoms with van der Waals surface area (Å²) in [4.78, 5) is 74.2. The Bertz CT molecular complexity index is 2110. The molecule has 6 N–H and O–H groups in total. The van der Waals surface area contributed by atoms with Crippen molar-refractivity contribution in [2.24, 2.45) is 0 Å². The van der Waals surface area contributed by atoms with Gasteiger partial charge in [-0.25, -0.2) is 19.6 Å². The van der Waals surface area contributed by atoms with E-state index in [1.54, 1.807) is 45.0 Å². The molecule has 0 radical (unpaired) electrons. The Labute approximate surface area is 319 Å². The summed E-state index contributed by atoms with van der Waals surface area (Å²) in [5.74, 6) is -5.05. The van der Waals surface area contributed by atoms with Crippen molar-refractivity contribution in [2.45, 2.75) is 83.6 Å². The van der Waals surface area contributed by atoms with Gasteiger partial charge in [0.1, 0.15) is 29.0 Å². The van der Waals surface area contributed by atoms with Gasteiger partial charge in [0.15, 0.2) is 0 Å². The maximum absolute atomic E-state index is 14.3. The first kappa shape index (κ1) is 40.8. The number of aliphatic hydroxyl groups is 1. The van der Waals surface area contributed by atoms with Gasteiger partial charge >= 0.3 is 17.7 Å². The number of nitrogens with one attached hydrogen (secondary N) is 5. The highest BCUT2D eigenvalue weighted by Crippen LogP contribution is 2.42. The van der Waals surface area contributed by atoms with Crippen LogP contribution in [0.4, 0.5) is 36.6 Å². The number of anilines is 4. The second-order valence-corrected chi connectivity index (χ2v) is 13.7. The Morgan fingerprint density at radius 2 is 1.52 bits per heavy atom. The van der Waals surface area contributed by atoms with Crippen molar-refractivity contribution in [3.8, 4) is 0 Å². The molecule has 3 unspecified atom stereocenters. The van der Waals surface area contributed by atoms with E-state index in [9.17, 15) is 37.9 Å². The molecule has 0 bridgehead atoms. The zero-order valence-electron chi connectivity index (χ0n) is 30.8. The quantitative estimate of drug-likeness (QED) is 0.112. The molecular formula is C37H41F2N9O8. The summed E-state index contributed by atoms with van der Waals surface area (Å²) >= 11 is 0. The maximum atomic E-state index is 14.3. The molecule has 1 fully saturated rings. The number of carbonyl (C=O) groups is 4. The van der Waals surface area contributed by atoms with Crippen molar-refractivity contribution in [1.82, 2.24) is 24.8 Å². The molecule has 56 heavy (non-hydrogen) atoms. The van der Waals surface area contributed by atoms with Crippen LogP contribution in [0.25, 0.3) is 0 Å². The average Bonchev–Trinajstić information content (AvgIpc) is 3.35. The van der Waals surface area contributed by atoms with Gasteiger partial charge in [-0.1, -0.05) is 36.4 Å². The van der Waals surface area contributed by atoms with E-state index in [4.69, 9.17) is 9.47 Å². The normalized spacial score (nSPS) is 17.4. The predicted molar refractivity (Wildman–Crippen MR) is 199 cm³/mol. The maximum Gasteiger partial charge on any atom is 0.412 e. The molecule has 19 heteroatoms. The van der Waals surface area contributed by atoms with Crippen molar-refractivity contribution in [3.05, 3.63) is 100 Å². The number of halogens is 2. The smallest absolute Gasteiger partial charge is 0.412 e. The molecule has 1 saturated heterocycles. The van der Waals surface area contributed by atoms with E-state index >= 15 is 0 Å². The third kappa shape index (κ3) is 10.9. The summed E-state index contributed by atoms with van der Waals surface area (Å²) < 4.78 is 39.5. The fraction of sp³-hybridized carbons (Fsp3) is 0.351. The lowest BCUT2D eigenvalue weighted by Crippen LogP contribution is -2.41. The van der Waals surface area contributed by atoms with Crippen LogP contribution in [-0.2, 0) is 32.2 Å². The minimum atomic E-state index is -3.72. The molecule has 3 atom stereocenters. The SMILES string of the molecule is CC1OC(n2ccc(NC(=O)CCC(=O)NCc3ccc(CNc4cnc(C(=O)Nc5ccccc5NC(=O)OC(C)(C)C)cn4)cc3)nc2=O)C(F)(F)C1O. The van der Waals surface area contributed by atoms with Gasteiger partial charge in [0.2, 0.25) is 18.0 Å². The Balaban J connectivity index is 1.02. The van der Waals surface area contributed by atoms with Crippen molar-refractivity contribution in [2.75, 3.05) is 21.3 Å². The fourth-order valence-corrected chi connectivity index (χ4v) is 5.27. The number of aromatic nitrogens is 4. The number of carbonyl (C=O) groups excluding carboxylic acids is 4. The highest BCUT2D eigenvalue weighted by atomic mass is 19.3. The van der Waals surface area contributed by atoms with Crippen LogP contribution in [0.1, 0.15) is 68.4 Å². The summed E-state index contributed by atoms with van der Waals surface area (Å²) in [6.45, 7) is 7.07. The van der Waals surface area contributed by atoms with E-state index in [0.717, 1.165) is 23.4 Å². The minimum absolute atomic E-state index is 0.0537. The van der Waals surface area contributed by atoms with E-state index in [0.29, 0.717) is 28.3 Å². The Morgan fingerprint density at radius 3 is 2.11 bits per heavy atom. The number of alkyl halides is 2. The van der Waals surface area contributed by atoms with Crippen LogP contribution < -0.4 is 32.3 Å². The zero-order chi connectivity index (χ0) is 40.6. The number of aliphatic hydroxyl groups excluding tert-OH is 1. The van der Waals surface area contributed by atoms with Crippen molar-refractivity contribution < 1.29 is 42.5 Å². The van der Waals surface area contributed by atoms with Crippen LogP contribution in [0.3, 0.4) is 0 Å². The number of amides is 4. The lowest BCUT2D eigenvalue weighted by Gasteiger charge is -2.21. The van der Waals surface area contributed by atoms with Gasteiger partial charge in [0.05, 0.1) is 29.9 Å². The number of rotatable bonds is 13. The number of hydrogen-bond donors (Lipinski definition) is 6. The first-order valence-corrected chi connectivity index (χ1v) is 17.4. The molecule has 0 aliphatic carbocycles. The Hall–Kier alpha value is -6.34. The number of hydrogen-bond acceptors (Lipinski definition) is 12. The monoisotopic (exact) mass is 777 g/mol. The van der Waals surface area contributed by atoms with E-state index in [1.807, 2.05) is 24.3 Å². The minimum Gasteiger partial charge on any atom is -0.444 e. The van der Waals surface area contributed by atoms with Crippen molar-refractivity contribution in [1.29, 1.82) is 0 Å². The molecule has 4 amide bonds. The first-order valence-electron chi connectivity index (χ1n) is 17.4. The van der Waals surface area contributed by atoms with Crippen LogP contribution in [-0.4, -0.2) is 72.2 Å². The summed E-state index contributed by atoms with van der Waals surface area (Å²) in [5, 5.41) is 23.2. The number of benzene rings is 2. The molecule has 1 aliphatic heterocycles. The van der Waals surface area contributed by atoms with Crippen LogP contribution in [0.2, 0.25) is 0 Å². The standard InChI is InChI=1S/C37H41F2N9O8/c1-21-31(51)37(38,39)33(55-21)48-16-15-27(47-34(48)53)46-30(50)14-13-29(49)43-18-23-11-9-22(10-12-23)17-41-28-20-40-26(19-42-28)32(52)44-24-7-5-6-8-25(24)45-35(54)56-36(2,3)4/h5-12,15-16,19-21,31,33,51H,13-14,17-18H2,1-4H3,(H,41,42)(H,43,49)(H,44,52)(H,45,54)(H,46,47,50,53). The van der Waals surface area contributed by atoms with Crippen LogP contribution in [0, 0.1) is 0 Å². The lowest BCUT2D eigenvalue weighted by atomic mass is 10.1. The zero-order valence-corrected chi connectivity index (χ0v) is 30.8. The highest BCUT2D eigenvalue weighted by molar-refractivity contribution is 6.05. The number of ether oxygens (including phenoxy) is 2. The largest absolute Gasteiger partial charge is 0.444 e. The second kappa shape index (κ2) is 17.4. The molecule has 4 aromatic rings. The molecule has 296 valence electrons. The molecule has 5 rings (SSSR count). The predicted octanol–water partition coefficient (Wildman–Crippen LogP) is 4.19. The summed E-state index contributed by atoms with van der Waals surface area (Å²) in [6.07, 6.45) is -2.70. The first-order chi connectivity index (χ1) is 26.5. The van der Waals surface area contributed by atoms with E-state index in [2.05, 4.69) is 41.5 Å². The number of para-hydroxylation sites is 2. The van der Waals surface area contributed by atoms with Gasteiger partial charge in [0.25, 0.3) is 5.91 Å². The molecule has 0 spiro atoms. The molecule has 1 aliphatic rings. The highest BCUT2D eigenvalue weighted by Gasteiger charge is 2.58. The van der Waals surface area contributed by atoms with Crippen LogP contribution >= 0.6 is 0 Å². The van der Waals surface area contributed by atoms with Gasteiger partial charge < -0.3 is 35.8 Å². The van der Waals surface area contributed by atoms with Gasteiger partial charge in [-0.2, -0.15) is 13.8 Å². The molecule has 17 nitrogen and oxygen atoms in total. The molecule has 0 saturated carbocycles. The molecule has 3 heterocycles. The fourth-order valence-electron chi connectivity index (χ4n) is 5.27. The number of nitrogens with zero attached hydrogens (tertiary/aromatic N) is 4.